The number of hydrogen-bond donors (Lipinski definition) is 0. The lowest BCUT2D eigenvalue weighted by molar-refractivity contribution is -0.123. The monoisotopic (exact) mass is 190 g/mol. The largest absolute Gasteiger partial charge is 0.299 e. The Balaban J connectivity index is 2.21. The summed E-state index contributed by atoms with van der Waals surface area (Å²) in [5, 5.41) is 0. The first-order chi connectivity index (χ1) is 6.75. The van der Waals surface area contributed by atoms with Crippen LogP contribution in [0, 0.1) is 5.82 Å². The van der Waals surface area contributed by atoms with Crippen LogP contribution in [0.4, 0.5) is 4.39 Å². The molecule has 1 aromatic carbocycles. The van der Waals surface area contributed by atoms with Gasteiger partial charge < -0.3 is 0 Å². The minimum atomic E-state index is -0.218. The average molecular weight is 190 g/mol. The highest BCUT2D eigenvalue weighted by atomic mass is 19.1. The fourth-order valence-corrected chi connectivity index (χ4v) is 2.83. The average Bonchev–Trinajstić information content (AvgIpc) is 2.17. The van der Waals surface area contributed by atoms with E-state index in [4.69, 9.17) is 0 Å². The number of carbonyl (C=O) groups is 1. The summed E-state index contributed by atoms with van der Waals surface area (Å²) in [6, 6.07) is 4.90. The molecule has 2 bridgehead atoms. The van der Waals surface area contributed by atoms with Crippen molar-refractivity contribution in [1.29, 1.82) is 0 Å². The third kappa shape index (κ3) is 0.969. The molecule has 3 aliphatic carbocycles. The zero-order valence-electron chi connectivity index (χ0n) is 7.79. The minimum absolute atomic E-state index is 0.00861. The van der Waals surface area contributed by atoms with E-state index in [1.54, 1.807) is 6.07 Å². The first-order valence-electron chi connectivity index (χ1n) is 5.08. The van der Waals surface area contributed by atoms with Crippen LogP contribution in [0.2, 0.25) is 0 Å². The molecule has 0 spiro atoms. The molecular formula is C12H11FO. The maximum atomic E-state index is 13.0. The van der Waals surface area contributed by atoms with Gasteiger partial charge in [-0.1, -0.05) is 6.07 Å². The van der Waals surface area contributed by atoms with Crippen LogP contribution in [0.5, 0.6) is 0 Å². The van der Waals surface area contributed by atoms with E-state index in [0.29, 0.717) is 18.1 Å². The number of Topliss-reactive ketones (excluding diaryl/α,β-unsaturated/α-hetero) is 1. The number of ketones is 1. The summed E-state index contributed by atoms with van der Waals surface area (Å²) < 4.78 is 13.0. The summed E-state index contributed by atoms with van der Waals surface area (Å²) in [4.78, 5) is 11.6. The lowest BCUT2D eigenvalue weighted by atomic mass is 9.66. The van der Waals surface area contributed by atoms with E-state index in [-0.39, 0.29) is 11.7 Å². The Kier molecular flexibility index (Phi) is 1.55. The van der Waals surface area contributed by atoms with Gasteiger partial charge in [0.25, 0.3) is 0 Å². The smallest absolute Gasteiger partial charge is 0.140 e. The summed E-state index contributed by atoms with van der Waals surface area (Å²) in [6.45, 7) is 0. The van der Waals surface area contributed by atoms with Crippen molar-refractivity contribution in [2.24, 2.45) is 0 Å². The quantitative estimate of drug-likeness (QED) is 0.614. The highest BCUT2D eigenvalue weighted by molar-refractivity contribution is 5.89. The standard InChI is InChI=1S/C12H11FO/c13-8-2-4-9-7-1-3-10(11(9)6-8)12(14)5-7/h2,4,6-7,10H,1,3,5H2/t7-,10-/m1/s1. The first-order valence-corrected chi connectivity index (χ1v) is 5.08. The molecule has 14 heavy (non-hydrogen) atoms. The lowest BCUT2D eigenvalue weighted by Crippen LogP contribution is -2.29. The van der Waals surface area contributed by atoms with Gasteiger partial charge in [-0.2, -0.15) is 0 Å². The number of benzene rings is 1. The van der Waals surface area contributed by atoms with E-state index < -0.39 is 0 Å². The van der Waals surface area contributed by atoms with Gasteiger partial charge >= 0.3 is 0 Å². The molecule has 1 aromatic rings. The van der Waals surface area contributed by atoms with Crippen molar-refractivity contribution in [3.8, 4) is 0 Å². The summed E-state index contributed by atoms with van der Waals surface area (Å²) in [5.41, 5.74) is 2.17. The molecular weight excluding hydrogens is 179 g/mol. The zero-order chi connectivity index (χ0) is 9.71. The van der Waals surface area contributed by atoms with Gasteiger partial charge in [0.15, 0.2) is 0 Å². The molecule has 0 heterocycles. The molecule has 0 unspecified atom stereocenters. The van der Waals surface area contributed by atoms with Crippen LogP contribution in [-0.4, -0.2) is 5.78 Å². The molecule has 0 amide bonds. The molecule has 1 nitrogen and oxygen atoms in total. The maximum Gasteiger partial charge on any atom is 0.140 e. The van der Waals surface area contributed by atoms with Crippen LogP contribution < -0.4 is 0 Å². The molecule has 1 fully saturated rings. The Hall–Kier alpha value is -1.18. The van der Waals surface area contributed by atoms with E-state index in [9.17, 15) is 9.18 Å². The van der Waals surface area contributed by atoms with E-state index in [1.165, 1.54) is 11.6 Å². The predicted molar refractivity (Wildman–Crippen MR) is 50.7 cm³/mol. The number of halogens is 1. The van der Waals surface area contributed by atoms with Crippen molar-refractivity contribution in [3.63, 3.8) is 0 Å². The van der Waals surface area contributed by atoms with Crippen LogP contribution in [0.15, 0.2) is 18.2 Å². The van der Waals surface area contributed by atoms with Gasteiger partial charge in [-0.15, -0.1) is 0 Å². The molecule has 2 heteroatoms. The Morgan fingerprint density at radius 1 is 1.21 bits per heavy atom. The third-order valence-electron chi connectivity index (χ3n) is 3.50. The summed E-state index contributed by atoms with van der Waals surface area (Å²) in [6.07, 6.45) is 2.68. The molecule has 2 atom stereocenters. The Bertz CT molecular complexity index is 411. The highest BCUT2D eigenvalue weighted by Gasteiger charge is 2.38. The summed E-state index contributed by atoms with van der Waals surface area (Å²) in [5.74, 6) is 0.442. The SMILES string of the molecule is O=C1C[C@H]2CC[C@@H]1c1cc(F)ccc12. The van der Waals surface area contributed by atoms with Gasteiger partial charge in [-0.25, -0.2) is 4.39 Å². The number of fused-ring (bicyclic) bond motifs is 2. The second kappa shape index (κ2) is 2.66. The Morgan fingerprint density at radius 2 is 2.07 bits per heavy atom. The predicted octanol–water partition coefficient (Wildman–Crippen LogP) is 2.76. The van der Waals surface area contributed by atoms with E-state index in [0.717, 1.165) is 18.4 Å². The fraction of sp³-hybridized carbons (Fsp3) is 0.417. The minimum Gasteiger partial charge on any atom is -0.299 e. The van der Waals surface area contributed by atoms with Gasteiger partial charge in [-0.3, -0.25) is 4.79 Å². The number of hydrogen-bond acceptors (Lipinski definition) is 1. The van der Waals surface area contributed by atoms with Crippen LogP contribution >= 0.6 is 0 Å². The fourth-order valence-electron chi connectivity index (χ4n) is 2.83. The molecule has 0 aliphatic heterocycles. The second-order valence-electron chi connectivity index (χ2n) is 4.27. The van der Waals surface area contributed by atoms with Gasteiger partial charge in [0.2, 0.25) is 0 Å². The molecule has 0 radical (unpaired) electrons. The number of rotatable bonds is 0. The van der Waals surface area contributed by atoms with E-state index in [1.807, 2.05) is 6.07 Å². The van der Waals surface area contributed by atoms with Crippen molar-refractivity contribution in [1.82, 2.24) is 0 Å². The van der Waals surface area contributed by atoms with Gasteiger partial charge in [0.1, 0.15) is 11.6 Å². The van der Waals surface area contributed by atoms with Crippen molar-refractivity contribution in [2.45, 2.75) is 31.1 Å². The first kappa shape index (κ1) is 8.16. The molecule has 1 saturated carbocycles. The topological polar surface area (TPSA) is 17.1 Å². The van der Waals surface area contributed by atoms with Crippen LogP contribution in [0.25, 0.3) is 0 Å². The van der Waals surface area contributed by atoms with Crippen LogP contribution in [-0.2, 0) is 4.79 Å². The highest BCUT2D eigenvalue weighted by Crippen LogP contribution is 2.47. The molecule has 72 valence electrons. The molecule has 0 aromatic heterocycles. The summed E-state index contributed by atoms with van der Waals surface area (Å²) in [7, 11) is 0. The normalized spacial score (nSPS) is 29.1. The van der Waals surface area contributed by atoms with E-state index in [2.05, 4.69) is 0 Å². The number of carbonyl (C=O) groups excluding carboxylic acids is 1. The molecule has 3 aliphatic rings. The Labute approximate surface area is 81.9 Å². The van der Waals surface area contributed by atoms with Crippen LogP contribution in [0.3, 0.4) is 0 Å². The van der Waals surface area contributed by atoms with Crippen molar-refractivity contribution in [3.05, 3.63) is 35.1 Å². The van der Waals surface area contributed by atoms with Crippen molar-refractivity contribution >= 4 is 5.78 Å². The maximum absolute atomic E-state index is 13.0. The van der Waals surface area contributed by atoms with E-state index >= 15 is 0 Å². The molecule has 0 saturated heterocycles. The van der Waals surface area contributed by atoms with Crippen molar-refractivity contribution < 1.29 is 9.18 Å². The molecule has 0 N–H and O–H groups in total. The van der Waals surface area contributed by atoms with Crippen LogP contribution in [0.1, 0.15) is 42.2 Å². The Morgan fingerprint density at radius 3 is 2.86 bits per heavy atom. The molecule has 4 rings (SSSR count). The zero-order valence-corrected chi connectivity index (χ0v) is 7.79. The van der Waals surface area contributed by atoms with Crippen molar-refractivity contribution in [2.75, 3.05) is 0 Å². The summed E-state index contributed by atoms with van der Waals surface area (Å²) >= 11 is 0. The second-order valence-corrected chi connectivity index (χ2v) is 4.27. The van der Waals surface area contributed by atoms with Gasteiger partial charge in [0, 0.05) is 12.3 Å². The lowest BCUT2D eigenvalue weighted by Gasteiger charge is -2.36. The third-order valence-corrected chi connectivity index (χ3v) is 3.50. The van der Waals surface area contributed by atoms with Gasteiger partial charge in [0.05, 0.1) is 0 Å². The van der Waals surface area contributed by atoms with Gasteiger partial charge in [-0.05, 0) is 42.0 Å².